The van der Waals surface area contributed by atoms with E-state index in [0.29, 0.717) is 35.7 Å². The van der Waals surface area contributed by atoms with Gasteiger partial charge in [-0.2, -0.15) is 23.4 Å². The van der Waals surface area contributed by atoms with E-state index in [0.717, 1.165) is 37.8 Å². The molecule has 0 atom stereocenters. The monoisotopic (exact) mass is 541 g/mol. The smallest absolute Gasteiger partial charge is 0.373 e. The number of carbonyl (C=O) groups is 2. The lowest BCUT2D eigenvalue weighted by Crippen LogP contribution is -2.34. The molecule has 1 aliphatic heterocycles. The van der Waals surface area contributed by atoms with Crippen LogP contribution in [0, 0.1) is 11.8 Å². The zero-order valence-corrected chi connectivity index (χ0v) is 21.8. The fourth-order valence-corrected chi connectivity index (χ4v) is 4.90. The highest BCUT2D eigenvalue weighted by Gasteiger charge is 2.31. The molecule has 0 bridgehead atoms. The van der Waals surface area contributed by atoms with E-state index in [1.165, 1.54) is 16.9 Å². The number of benzene rings is 1. The summed E-state index contributed by atoms with van der Waals surface area (Å²) in [6.45, 7) is 2.91. The Bertz CT molecular complexity index is 1400. The van der Waals surface area contributed by atoms with E-state index in [1.54, 1.807) is 35.8 Å². The number of carbonyl (C=O) groups excluding carboxylic acids is 2. The number of amides is 2. The molecule has 2 amide bonds. The highest BCUT2D eigenvalue weighted by atomic mass is 19.4. The first-order valence-corrected chi connectivity index (χ1v) is 12.6. The maximum atomic E-state index is 13.1. The van der Waals surface area contributed by atoms with Gasteiger partial charge in [-0.15, -0.1) is 0 Å². The number of aromatic nitrogens is 4. The number of nitrogens with zero attached hydrogens (tertiary/aromatic N) is 5. The molecule has 39 heavy (non-hydrogen) atoms. The van der Waals surface area contributed by atoms with Gasteiger partial charge in [0.05, 0.1) is 24.3 Å². The van der Waals surface area contributed by atoms with Crippen LogP contribution in [0.15, 0.2) is 36.7 Å². The molecule has 0 aliphatic carbocycles. The average molecular weight is 542 g/mol. The lowest BCUT2D eigenvalue weighted by Gasteiger charge is -2.27. The molecule has 0 unspecified atom stereocenters. The molecule has 3 heterocycles. The number of hydrogen-bond acceptors (Lipinski definition) is 5. The normalized spacial score (nSPS) is 14.7. The van der Waals surface area contributed by atoms with Crippen LogP contribution in [0.3, 0.4) is 0 Å². The van der Waals surface area contributed by atoms with Crippen molar-refractivity contribution in [2.45, 2.75) is 51.4 Å². The summed E-state index contributed by atoms with van der Waals surface area (Å²) in [6, 6.07) is 5.02. The van der Waals surface area contributed by atoms with Crippen LogP contribution in [0.5, 0.6) is 0 Å². The Morgan fingerprint density at radius 3 is 2.54 bits per heavy atom. The van der Waals surface area contributed by atoms with Crippen molar-refractivity contribution in [3.8, 4) is 23.1 Å². The molecule has 12 heteroatoms. The highest BCUT2D eigenvalue weighted by Crippen LogP contribution is 2.34. The van der Waals surface area contributed by atoms with Crippen molar-refractivity contribution in [1.82, 2.24) is 24.5 Å². The lowest BCUT2D eigenvalue weighted by atomic mass is 10.0. The molecule has 206 valence electrons. The summed E-state index contributed by atoms with van der Waals surface area (Å²) in [5, 5.41) is 12.1. The van der Waals surface area contributed by atoms with Crippen molar-refractivity contribution in [2.24, 2.45) is 5.73 Å². The van der Waals surface area contributed by atoms with Crippen LogP contribution >= 0.6 is 0 Å². The Kier molecular flexibility index (Phi) is 8.28. The van der Waals surface area contributed by atoms with Gasteiger partial charge >= 0.3 is 6.18 Å². The first-order chi connectivity index (χ1) is 18.6. The van der Waals surface area contributed by atoms with Crippen molar-refractivity contribution >= 4 is 17.6 Å². The van der Waals surface area contributed by atoms with Gasteiger partial charge in [0.15, 0.2) is 0 Å². The molecule has 2 aromatic heterocycles. The van der Waals surface area contributed by atoms with Gasteiger partial charge in [-0.25, -0.2) is 4.68 Å². The van der Waals surface area contributed by atoms with E-state index in [2.05, 4.69) is 22.3 Å². The number of rotatable bonds is 6. The molecule has 0 saturated carbocycles. The van der Waals surface area contributed by atoms with Gasteiger partial charge in [0, 0.05) is 31.9 Å². The fraction of sp³-hybridized carbons (Fsp3) is 0.407. The standard InChI is InChI=1S/C27H30F3N7O2/c1-3-7-22(38)35-12-5-10-21(11-6-13-35)37-26(32-2)23(25(31)39)24(34-37)19-15-33-36(17-19)16-18-8-4-9-20(14-18)27(28,29)30/h4,8-9,14-15,17,21,32H,5-6,10-13,16H2,1-2H3,(H2,31,39). The number of primary amides is 1. The molecule has 0 spiro atoms. The first kappa shape index (κ1) is 27.8. The van der Waals surface area contributed by atoms with Gasteiger partial charge in [-0.1, -0.05) is 18.1 Å². The quantitative estimate of drug-likeness (QED) is 0.460. The average Bonchev–Trinajstić information content (AvgIpc) is 3.48. The minimum Gasteiger partial charge on any atom is -0.373 e. The lowest BCUT2D eigenvalue weighted by molar-refractivity contribution is -0.137. The maximum absolute atomic E-state index is 13.1. The van der Waals surface area contributed by atoms with Crippen LogP contribution in [0.1, 0.15) is 60.1 Å². The number of alkyl halides is 3. The molecule has 3 aromatic rings. The largest absolute Gasteiger partial charge is 0.416 e. The van der Waals surface area contributed by atoms with Crippen LogP contribution in [-0.4, -0.2) is 56.4 Å². The molecule has 1 aliphatic rings. The van der Waals surface area contributed by atoms with Crippen LogP contribution in [-0.2, 0) is 17.5 Å². The third kappa shape index (κ3) is 6.25. The van der Waals surface area contributed by atoms with Crippen LogP contribution in [0.4, 0.5) is 19.0 Å². The Hall–Kier alpha value is -4.27. The van der Waals surface area contributed by atoms with Crippen LogP contribution in [0.2, 0.25) is 0 Å². The number of nitrogens with one attached hydrogen (secondary N) is 1. The van der Waals surface area contributed by atoms with Gasteiger partial charge in [0.25, 0.3) is 11.8 Å². The second kappa shape index (κ2) is 11.6. The third-order valence-electron chi connectivity index (χ3n) is 6.69. The zero-order chi connectivity index (χ0) is 28.2. The van der Waals surface area contributed by atoms with E-state index in [1.807, 2.05) is 0 Å². The van der Waals surface area contributed by atoms with Crippen molar-refractivity contribution in [2.75, 3.05) is 25.5 Å². The SMILES string of the molecule is CC#CC(=O)N1CCCC(n2nc(-c3cnn(Cc4cccc(C(F)(F)F)c4)c3)c(C(N)=O)c2NC)CCC1. The minimum absolute atomic E-state index is 0.0334. The molecule has 1 aromatic carbocycles. The minimum atomic E-state index is -4.44. The summed E-state index contributed by atoms with van der Waals surface area (Å²) in [7, 11) is 1.69. The fourth-order valence-electron chi connectivity index (χ4n) is 4.90. The highest BCUT2D eigenvalue weighted by molar-refractivity contribution is 6.03. The van der Waals surface area contributed by atoms with E-state index in [-0.39, 0.29) is 24.1 Å². The summed E-state index contributed by atoms with van der Waals surface area (Å²) in [4.78, 5) is 26.5. The topological polar surface area (TPSA) is 111 Å². The molecule has 3 N–H and O–H groups in total. The zero-order valence-electron chi connectivity index (χ0n) is 21.8. The van der Waals surface area contributed by atoms with Crippen LogP contribution in [0.25, 0.3) is 11.3 Å². The Balaban J connectivity index is 1.59. The Labute approximate surface area is 224 Å². The molecular formula is C27H30F3N7O2. The van der Waals surface area contributed by atoms with E-state index >= 15 is 0 Å². The Morgan fingerprint density at radius 1 is 1.21 bits per heavy atom. The summed E-state index contributed by atoms with van der Waals surface area (Å²) < 4.78 is 42.6. The number of anilines is 1. The molecule has 1 saturated heterocycles. The van der Waals surface area contributed by atoms with E-state index in [9.17, 15) is 22.8 Å². The summed E-state index contributed by atoms with van der Waals surface area (Å²) in [5.74, 6) is 4.89. The van der Waals surface area contributed by atoms with Crippen molar-refractivity contribution in [3.05, 3.63) is 53.3 Å². The maximum Gasteiger partial charge on any atom is 0.416 e. The van der Waals surface area contributed by atoms with Crippen molar-refractivity contribution in [1.29, 1.82) is 0 Å². The van der Waals surface area contributed by atoms with E-state index < -0.39 is 17.6 Å². The number of nitrogens with two attached hydrogens (primary N) is 1. The molecule has 1 fully saturated rings. The predicted octanol–water partition coefficient (Wildman–Crippen LogP) is 3.92. The number of likely N-dealkylation sites (tertiary alicyclic amines) is 1. The molecular weight excluding hydrogens is 511 g/mol. The van der Waals surface area contributed by atoms with Gasteiger partial charge in [-0.3, -0.25) is 14.3 Å². The van der Waals surface area contributed by atoms with Gasteiger partial charge in [0.1, 0.15) is 17.1 Å². The second-order valence-corrected chi connectivity index (χ2v) is 9.36. The van der Waals surface area contributed by atoms with Gasteiger partial charge < -0.3 is 16.0 Å². The number of halogens is 3. The van der Waals surface area contributed by atoms with Crippen molar-refractivity contribution < 1.29 is 22.8 Å². The van der Waals surface area contributed by atoms with Gasteiger partial charge in [-0.05, 0) is 56.2 Å². The van der Waals surface area contributed by atoms with Crippen molar-refractivity contribution in [3.63, 3.8) is 0 Å². The summed E-state index contributed by atoms with van der Waals surface area (Å²) in [6.07, 6.45) is 1.64. The number of hydrogen-bond donors (Lipinski definition) is 2. The summed E-state index contributed by atoms with van der Waals surface area (Å²) >= 11 is 0. The van der Waals surface area contributed by atoms with Gasteiger partial charge in [0.2, 0.25) is 0 Å². The summed E-state index contributed by atoms with van der Waals surface area (Å²) in [5.41, 5.74) is 6.56. The molecule has 4 rings (SSSR count). The molecule has 9 nitrogen and oxygen atoms in total. The van der Waals surface area contributed by atoms with Crippen LogP contribution < -0.4 is 11.1 Å². The second-order valence-electron chi connectivity index (χ2n) is 9.36. The molecule has 0 radical (unpaired) electrons. The Morgan fingerprint density at radius 2 is 1.92 bits per heavy atom. The third-order valence-corrected chi connectivity index (χ3v) is 6.69. The first-order valence-electron chi connectivity index (χ1n) is 12.6. The van der Waals surface area contributed by atoms with E-state index in [4.69, 9.17) is 10.8 Å². The predicted molar refractivity (Wildman–Crippen MR) is 140 cm³/mol.